The second-order valence-corrected chi connectivity index (χ2v) is 5.66. The summed E-state index contributed by atoms with van der Waals surface area (Å²) in [7, 11) is 5.51. The first-order chi connectivity index (χ1) is 9.51. The van der Waals surface area contributed by atoms with Gasteiger partial charge in [-0.15, -0.1) is 0 Å². The topological polar surface area (TPSA) is 40.5 Å². The monoisotopic (exact) mass is 308 g/mol. The summed E-state index contributed by atoms with van der Waals surface area (Å²) in [5.74, 6) is -0.409. The number of halogens is 2. The van der Waals surface area contributed by atoms with Gasteiger partial charge in [-0.1, -0.05) is 23.4 Å². The highest BCUT2D eigenvalue weighted by Gasteiger charge is 2.12. The first-order valence-electron chi connectivity index (χ1n) is 5.81. The van der Waals surface area contributed by atoms with Crippen LogP contribution < -0.4 is 0 Å². The maximum Gasteiger partial charge on any atom is 0.123 e. The molecule has 1 unspecified atom stereocenters. The zero-order chi connectivity index (χ0) is 14.7. The Hall–Kier alpha value is -1.01. The number of aliphatic hydroxyl groups is 2. The molecule has 6 heteroatoms. The standard InChI is InChI=1S/C14H11BClFO2S/c15-14(19)11-6-9(16)1-3-13(11)20-12-4-2-10(17)5-8(12)7-18/h1-6,14,18-19H,7H2. The Labute approximate surface area is 127 Å². The van der Waals surface area contributed by atoms with Crippen molar-refractivity contribution in [3.63, 3.8) is 0 Å². The SMILES string of the molecule is [B]C(O)c1cc(Cl)ccc1Sc1ccc(F)cc1CO. The van der Waals surface area contributed by atoms with Gasteiger partial charge < -0.3 is 10.2 Å². The number of benzene rings is 2. The Kier molecular flexibility index (Phi) is 5.10. The predicted molar refractivity (Wildman–Crippen MR) is 78.6 cm³/mol. The quantitative estimate of drug-likeness (QED) is 0.852. The van der Waals surface area contributed by atoms with Gasteiger partial charge in [0.2, 0.25) is 0 Å². The van der Waals surface area contributed by atoms with E-state index in [9.17, 15) is 14.6 Å². The summed E-state index contributed by atoms with van der Waals surface area (Å²) >= 11 is 7.16. The molecule has 0 aliphatic rings. The van der Waals surface area contributed by atoms with Gasteiger partial charge in [0.25, 0.3) is 0 Å². The van der Waals surface area contributed by atoms with Crippen LogP contribution in [0, 0.1) is 5.82 Å². The van der Waals surface area contributed by atoms with Crippen LogP contribution in [0.5, 0.6) is 0 Å². The van der Waals surface area contributed by atoms with Crippen molar-refractivity contribution < 1.29 is 14.6 Å². The van der Waals surface area contributed by atoms with Gasteiger partial charge in [-0.2, -0.15) is 0 Å². The molecule has 0 aliphatic heterocycles. The molecule has 0 spiro atoms. The van der Waals surface area contributed by atoms with Gasteiger partial charge in [0.1, 0.15) is 13.7 Å². The van der Waals surface area contributed by atoms with Gasteiger partial charge >= 0.3 is 0 Å². The summed E-state index contributed by atoms with van der Waals surface area (Å²) in [5.41, 5.74) is 0.957. The van der Waals surface area contributed by atoms with Crippen LogP contribution >= 0.6 is 23.4 Å². The number of hydrogen-bond acceptors (Lipinski definition) is 3. The fraction of sp³-hybridized carbons (Fsp3) is 0.143. The summed E-state index contributed by atoms with van der Waals surface area (Å²) < 4.78 is 13.1. The summed E-state index contributed by atoms with van der Waals surface area (Å²) in [5, 5.41) is 19.3. The third-order valence-corrected chi connectivity index (χ3v) is 4.15. The number of rotatable bonds is 4. The molecule has 0 saturated heterocycles. The van der Waals surface area contributed by atoms with Crippen LogP contribution in [-0.4, -0.2) is 18.1 Å². The zero-order valence-corrected chi connectivity index (χ0v) is 12.0. The molecule has 0 saturated carbocycles. The van der Waals surface area contributed by atoms with Gasteiger partial charge in [-0.05, 0) is 47.5 Å². The van der Waals surface area contributed by atoms with Gasteiger partial charge in [-0.25, -0.2) is 4.39 Å². The summed E-state index contributed by atoms with van der Waals surface area (Å²) in [6, 6.07) is 7.99. The van der Waals surface area contributed by atoms with E-state index in [2.05, 4.69) is 0 Å². The molecule has 2 nitrogen and oxygen atoms in total. The normalized spacial score (nSPS) is 12.4. The van der Waals surface area contributed by atoms with E-state index in [1.165, 1.54) is 23.9 Å². The van der Waals surface area contributed by atoms with Crippen molar-refractivity contribution in [1.82, 2.24) is 0 Å². The average molecular weight is 309 g/mol. The Balaban J connectivity index is 2.39. The minimum absolute atomic E-state index is 0.270. The van der Waals surface area contributed by atoms with Gasteiger partial charge in [0.05, 0.1) is 6.61 Å². The van der Waals surface area contributed by atoms with E-state index in [0.29, 0.717) is 25.9 Å². The van der Waals surface area contributed by atoms with E-state index >= 15 is 0 Å². The number of aliphatic hydroxyl groups excluding tert-OH is 2. The molecule has 2 radical (unpaired) electrons. The molecule has 2 N–H and O–H groups in total. The van der Waals surface area contributed by atoms with E-state index in [1.807, 2.05) is 0 Å². The molecule has 0 heterocycles. The van der Waals surface area contributed by atoms with Crippen LogP contribution in [0.1, 0.15) is 17.1 Å². The Morgan fingerprint density at radius 1 is 1.20 bits per heavy atom. The summed E-state index contributed by atoms with van der Waals surface area (Å²) in [6.45, 7) is -0.270. The third kappa shape index (κ3) is 3.55. The fourth-order valence-electron chi connectivity index (χ4n) is 1.73. The Morgan fingerprint density at radius 3 is 2.55 bits per heavy atom. The van der Waals surface area contributed by atoms with E-state index in [1.54, 1.807) is 24.3 Å². The van der Waals surface area contributed by atoms with Crippen molar-refractivity contribution in [2.45, 2.75) is 22.4 Å². The van der Waals surface area contributed by atoms with Crippen molar-refractivity contribution in [2.24, 2.45) is 0 Å². The molecule has 20 heavy (non-hydrogen) atoms. The fourth-order valence-corrected chi connectivity index (χ4v) is 2.97. The third-order valence-electron chi connectivity index (χ3n) is 2.70. The van der Waals surface area contributed by atoms with Crippen LogP contribution in [0.3, 0.4) is 0 Å². The molecular formula is C14H11BClFO2S. The van der Waals surface area contributed by atoms with Crippen molar-refractivity contribution >= 4 is 31.2 Å². The average Bonchev–Trinajstić information content (AvgIpc) is 2.42. The molecule has 2 aromatic carbocycles. The first kappa shape index (κ1) is 15.4. The Morgan fingerprint density at radius 2 is 1.90 bits per heavy atom. The summed E-state index contributed by atoms with van der Waals surface area (Å²) in [4.78, 5) is 1.39. The highest BCUT2D eigenvalue weighted by Crippen LogP contribution is 2.36. The van der Waals surface area contributed by atoms with Crippen LogP contribution in [0.4, 0.5) is 4.39 Å². The lowest BCUT2D eigenvalue weighted by molar-refractivity contribution is 0.259. The van der Waals surface area contributed by atoms with Crippen molar-refractivity contribution in [1.29, 1.82) is 0 Å². The van der Waals surface area contributed by atoms with E-state index in [0.717, 1.165) is 0 Å². The second-order valence-electron chi connectivity index (χ2n) is 4.14. The maximum absolute atomic E-state index is 13.1. The van der Waals surface area contributed by atoms with Crippen molar-refractivity contribution in [2.75, 3.05) is 0 Å². The minimum Gasteiger partial charge on any atom is -0.398 e. The van der Waals surface area contributed by atoms with E-state index in [4.69, 9.17) is 19.4 Å². The van der Waals surface area contributed by atoms with Gasteiger partial charge in [0, 0.05) is 20.8 Å². The van der Waals surface area contributed by atoms with Crippen molar-refractivity contribution in [3.8, 4) is 0 Å². The van der Waals surface area contributed by atoms with Crippen LogP contribution in [0.25, 0.3) is 0 Å². The highest BCUT2D eigenvalue weighted by molar-refractivity contribution is 7.99. The van der Waals surface area contributed by atoms with E-state index in [-0.39, 0.29) is 6.61 Å². The molecule has 2 rings (SSSR count). The molecular weight excluding hydrogens is 297 g/mol. The molecule has 0 aliphatic carbocycles. The molecule has 0 fully saturated rings. The Bertz CT molecular complexity index is 622. The molecule has 0 aromatic heterocycles. The summed E-state index contributed by atoms with van der Waals surface area (Å²) in [6.07, 6.45) is 0. The van der Waals surface area contributed by atoms with Crippen LogP contribution in [0.15, 0.2) is 46.2 Å². The molecule has 1 atom stereocenters. The predicted octanol–water partition coefficient (Wildman–Crippen LogP) is 3.28. The number of hydrogen-bond donors (Lipinski definition) is 2. The van der Waals surface area contributed by atoms with Gasteiger partial charge in [0.15, 0.2) is 0 Å². The maximum atomic E-state index is 13.1. The zero-order valence-electron chi connectivity index (χ0n) is 10.4. The van der Waals surface area contributed by atoms with E-state index < -0.39 is 11.8 Å². The highest BCUT2D eigenvalue weighted by atomic mass is 35.5. The largest absolute Gasteiger partial charge is 0.398 e. The lowest BCUT2D eigenvalue weighted by Gasteiger charge is -2.14. The first-order valence-corrected chi connectivity index (χ1v) is 7.01. The molecule has 102 valence electrons. The smallest absolute Gasteiger partial charge is 0.123 e. The van der Waals surface area contributed by atoms with Gasteiger partial charge in [-0.3, -0.25) is 0 Å². The molecule has 2 aromatic rings. The lowest BCUT2D eigenvalue weighted by Crippen LogP contribution is -1.99. The second kappa shape index (κ2) is 6.63. The molecule has 0 amide bonds. The van der Waals surface area contributed by atoms with Crippen LogP contribution in [-0.2, 0) is 6.61 Å². The molecule has 0 bridgehead atoms. The lowest BCUT2D eigenvalue weighted by atomic mass is 9.92. The minimum atomic E-state index is -1.16. The van der Waals surface area contributed by atoms with Crippen molar-refractivity contribution in [3.05, 3.63) is 58.4 Å². The van der Waals surface area contributed by atoms with Crippen LogP contribution in [0.2, 0.25) is 5.02 Å².